The molecule has 1 fully saturated rings. The number of anilines is 2. The van der Waals surface area contributed by atoms with Crippen molar-refractivity contribution in [3.8, 4) is 5.75 Å². The van der Waals surface area contributed by atoms with Crippen LogP contribution in [-0.4, -0.2) is 38.2 Å². The predicted molar refractivity (Wildman–Crippen MR) is 86.7 cm³/mol. The van der Waals surface area contributed by atoms with Crippen molar-refractivity contribution in [1.29, 1.82) is 0 Å². The van der Waals surface area contributed by atoms with E-state index >= 15 is 0 Å². The fourth-order valence-electron chi connectivity index (χ4n) is 2.61. The third kappa shape index (κ3) is 3.16. The molecule has 6 heteroatoms. The first kappa shape index (κ1) is 16.1. The summed E-state index contributed by atoms with van der Waals surface area (Å²) >= 11 is 1.43. The van der Waals surface area contributed by atoms with Gasteiger partial charge in [-0.3, -0.25) is 4.79 Å². The number of thiophene rings is 1. The summed E-state index contributed by atoms with van der Waals surface area (Å²) in [5.74, 6) is 0.604. The standard InChI is InChI=1S/C15H24N2O3S/c1-8(2)12(18)14-11(16)13(19-5)15(21-14)17-6-9(3)20-10(4)7-17/h8-10H,6-7,16H2,1-5H3/t9-,10+. The van der Waals surface area contributed by atoms with Crippen LogP contribution in [0, 0.1) is 5.92 Å². The maximum atomic E-state index is 12.3. The normalized spacial score (nSPS) is 22.7. The Morgan fingerprint density at radius 3 is 2.43 bits per heavy atom. The first-order valence-corrected chi connectivity index (χ1v) is 8.07. The fraction of sp³-hybridized carbons (Fsp3) is 0.667. The van der Waals surface area contributed by atoms with Crippen LogP contribution in [0.15, 0.2) is 0 Å². The average Bonchev–Trinajstić information content (AvgIpc) is 2.73. The molecular weight excluding hydrogens is 288 g/mol. The summed E-state index contributed by atoms with van der Waals surface area (Å²) in [6, 6.07) is 0. The molecule has 0 amide bonds. The largest absolute Gasteiger partial charge is 0.492 e. The van der Waals surface area contributed by atoms with Gasteiger partial charge in [0.1, 0.15) is 5.00 Å². The van der Waals surface area contributed by atoms with E-state index in [2.05, 4.69) is 4.90 Å². The number of carbonyl (C=O) groups excluding carboxylic acids is 1. The molecule has 1 aromatic rings. The highest BCUT2D eigenvalue weighted by molar-refractivity contribution is 7.19. The molecule has 0 aliphatic carbocycles. The van der Waals surface area contributed by atoms with Gasteiger partial charge in [-0.1, -0.05) is 13.8 Å². The second kappa shape index (κ2) is 6.23. The van der Waals surface area contributed by atoms with Crippen LogP contribution in [0.25, 0.3) is 0 Å². The molecule has 0 radical (unpaired) electrons. The second-order valence-corrected chi connectivity index (χ2v) is 6.86. The number of carbonyl (C=O) groups is 1. The molecule has 1 aliphatic rings. The second-order valence-electron chi connectivity index (χ2n) is 5.86. The van der Waals surface area contributed by atoms with Crippen molar-refractivity contribution in [2.45, 2.75) is 39.9 Å². The van der Waals surface area contributed by atoms with Crippen LogP contribution in [0.4, 0.5) is 10.7 Å². The fourth-order valence-corrected chi connectivity index (χ4v) is 3.91. The van der Waals surface area contributed by atoms with Gasteiger partial charge in [-0.2, -0.15) is 0 Å². The number of ketones is 1. The lowest BCUT2D eigenvalue weighted by molar-refractivity contribution is -0.00510. The number of nitrogen functional groups attached to an aromatic ring is 1. The molecule has 21 heavy (non-hydrogen) atoms. The number of Topliss-reactive ketones (excluding diaryl/α,β-unsaturated/α-hetero) is 1. The number of methoxy groups -OCH3 is 1. The Hall–Kier alpha value is -1.27. The molecule has 1 saturated heterocycles. The molecule has 0 bridgehead atoms. The Labute approximate surface area is 130 Å². The van der Waals surface area contributed by atoms with E-state index < -0.39 is 0 Å². The Morgan fingerprint density at radius 1 is 1.38 bits per heavy atom. The number of rotatable bonds is 4. The lowest BCUT2D eigenvalue weighted by Gasteiger charge is -2.36. The van der Waals surface area contributed by atoms with Gasteiger partial charge in [0.05, 0.1) is 29.9 Å². The Morgan fingerprint density at radius 2 is 1.95 bits per heavy atom. The molecule has 5 nitrogen and oxygen atoms in total. The van der Waals surface area contributed by atoms with Gasteiger partial charge in [-0.05, 0) is 13.8 Å². The van der Waals surface area contributed by atoms with Gasteiger partial charge in [0.2, 0.25) is 0 Å². The lowest BCUT2D eigenvalue weighted by atomic mass is 10.1. The smallest absolute Gasteiger partial charge is 0.177 e. The van der Waals surface area contributed by atoms with Crippen molar-refractivity contribution in [3.05, 3.63) is 4.88 Å². The molecule has 118 valence electrons. The number of hydrogen-bond acceptors (Lipinski definition) is 6. The third-order valence-electron chi connectivity index (χ3n) is 3.54. The Kier molecular flexibility index (Phi) is 4.78. The molecule has 0 saturated carbocycles. The van der Waals surface area contributed by atoms with Gasteiger partial charge < -0.3 is 20.1 Å². The number of ether oxygens (including phenoxy) is 2. The Balaban J connectivity index is 2.39. The van der Waals surface area contributed by atoms with Gasteiger partial charge in [0, 0.05) is 19.0 Å². The van der Waals surface area contributed by atoms with Crippen molar-refractivity contribution < 1.29 is 14.3 Å². The minimum absolute atomic E-state index is 0.0661. The number of hydrogen-bond donors (Lipinski definition) is 1. The molecule has 1 aromatic heterocycles. The SMILES string of the molecule is COc1c(N2C[C@@H](C)O[C@@H](C)C2)sc(C(=O)C(C)C)c1N. The van der Waals surface area contributed by atoms with Crippen molar-refractivity contribution >= 4 is 27.8 Å². The van der Waals surface area contributed by atoms with Crippen LogP contribution >= 0.6 is 11.3 Å². The highest BCUT2D eigenvalue weighted by atomic mass is 32.1. The highest BCUT2D eigenvalue weighted by Crippen LogP contribution is 2.46. The van der Waals surface area contributed by atoms with Gasteiger partial charge in [-0.15, -0.1) is 11.3 Å². The molecule has 2 rings (SSSR count). The molecular formula is C15H24N2O3S. The zero-order valence-electron chi connectivity index (χ0n) is 13.3. The zero-order chi connectivity index (χ0) is 15.7. The van der Waals surface area contributed by atoms with Crippen LogP contribution in [0.5, 0.6) is 5.75 Å². The lowest BCUT2D eigenvalue weighted by Crippen LogP contribution is -2.45. The van der Waals surface area contributed by atoms with E-state index in [4.69, 9.17) is 15.2 Å². The molecule has 1 aliphatic heterocycles. The maximum Gasteiger partial charge on any atom is 0.177 e. The first-order valence-electron chi connectivity index (χ1n) is 7.26. The van der Waals surface area contributed by atoms with Crippen molar-refractivity contribution in [3.63, 3.8) is 0 Å². The minimum atomic E-state index is -0.0777. The molecule has 2 N–H and O–H groups in total. The highest BCUT2D eigenvalue weighted by Gasteiger charge is 2.30. The molecule has 2 heterocycles. The summed E-state index contributed by atoms with van der Waals surface area (Å²) in [6.45, 7) is 9.41. The quantitative estimate of drug-likeness (QED) is 0.866. The third-order valence-corrected chi connectivity index (χ3v) is 4.80. The van der Waals surface area contributed by atoms with Gasteiger partial charge in [-0.25, -0.2) is 0 Å². The van der Waals surface area contributed by atoms with Crippen molar-refractivity contribution in [1.82, 2.24) is 0 Å². The van der Waals surface area contributed by atoms with E-state index in [9.17, 15) is 4.79 Å². The van der Waals surface area contributed by atoms with E-state index in [0.717, 1.165) is 18.1 Å². The van der Waals surface area contributed by atoms with Gasteiger partial charge in [0.25, 0.3) is 0 Å². The van der Waals surface area contributed by atoms with Gasteiger partial charge >= 0.3 is 0 Å². The van der Waals surface area contributed by atoms with E-state index in [1.807, 2.05) is 27.7 Å². The van der Waals surface area contributed by atoms with Crippen molar-refractivity contribution in [2.75, 3.05) is 30.8 Å². The Bertz CT molecular complexity index is 517. The van der Waals surface area contributed by atoms with Crippen LogP contribution in [-0.2, 0) is 4.74 Å². The van der Waals surface area contributed by atoms with Crippen LogP contribution in [0.2, 0.25) is 0 Å². The van der Waals surface area contributed by atoms with E-state index in [1.54, 1.807) is 7.11 Å². The van der Waals surface area contributed by atoms with Gasteiger partial charge in [0.15, 0.2) is 11.5 Å². The van der Waals surface area contributed by atoms with Crippen LogP contribution < -0.4 is 15.4 Å². The summed E-state index contributed by atoms with van der Waals surface area (Å²) in [5, 5.41) is 0.931. The van der Waals surface area contributed by atoms with Crippen LogP contribution in [0.1, 0.15) is 37.4 Å². The average molecular weight is 312 g/mol. The molecule has 2 atom stereocenters. The van der Waals surface area contributed by atoms with E-state index in [0.29, 0.717) is 16.3 Å². The summed E-state index contributed by atoms with van der Waals surface area (Å²) in [4.78, 5) is 15.1. The summed E-state index contributed by atoms with van der Waals surface area (Å²) in [7, 11) is 1.60. The molecule has 0 unspecified atom stereocenters. The van der Waals surface area contributed by atoms with Crippen molar-refractivity contribution in [2.24, 2.45) is 5.92 Å². The zero-order valence-corrected chi connectivity index (χ0v) is 14.1. The summed E-state index contributed by atoms with van der Waals surface area (Å²) in [6.07, 6.45) is 0.289. The monoisotopic (exact) mass is 312 g/mol. The maximum absolute atomic E-state index is 12.3. The predicted octanol–water partition coefficient (Wildman–Crippen LogP) is 2.79. The number of morpholine rings is 1. The summed E-state index contributed by atoms with van der Waals surface area (Å²) in [5.41, 5.74) is 6.60. The summed E-state index contributed by atoms with van der Waals surface area (Å²) < 4.78 is 11.2. The number of nitrogens with zero attached hydrogens (tertiary/aromatic N) is 1. The molecule has 0 aromatic carbocycles. The van der Waals surface area contributed by atoms with Crippen LogP contribution in [0.3, 0.4) is 0 Å². The van der Waals surface area contributed by atoms with E-state index in [1.165, 1.54) is 11.3 Å². The minimum Gasteiger partial charge on any atom is -0.492 e. The van der Waals surface area contributed by atoms with E-state index in [-0.39, 0.29) is 23.9 Å². The molecule has 0 spiro atoms. The topological polar surface area (TPSA) is 64.8 Å². The number of nitrogens with two attached hydrogens (primary N) is 1. The first-order chi connectivity index (χ1) is 9.85.